The average Bonchev–Trinajstić information content (AvgIpc) is 2.41. The van der Waals surface area contributed by atoms with Crippen molar-refractivity contribution in [3.05, 3.63) is 52.7 Å². The van der Waals surface area contributed by atoms with Crippen molar-refractivity contribution < 1.29 is 14.6 Å². The predicted molar refractivity (Wildman–Crippen MR) is 71.9 cm³/mol. The molecule has 1 N–H and O–H groups in total. The van der Waals surface area contributed by atoms with Gasteiger partial charge in [0.25, 0.3) is 0 Å². The number of benzene rings is 1. The fourth-order valence-electron chi connectivity index (χ4n) is 1.70. The molecule has 5 nitrogen and oxygen atoms in total. The summed E-state index contributed by atoms with van der Waals surface area (Å²) < 4.78 is 5.51. The minimum atomic E-state index is -1.09. The summed E-state index contributed by atoms with van der Waals surface area (Å²) in [6.45, 7) is 3.56. The molecule has 1 aromatic heterocycles. The van der Waals surface area contributed by atoms with Crippen LogP contribution in [0.3, 0.4) is 0 Å². The second-order valence-corrected chi connectivity index (χ2v) is 4.32. The van der Waals surface area contributed by atoms with Crippen LogP contribution < -0.4 is 4.74 Å². The van der Waals surface area contributed by atoms with Crippen LogP contribution in [0.2, 0.25) is 0 Å². The van der Waals surface area contributed by atoms with Gasteiger partial charge in [-0.1, -0.05) is 11.6 Å². The molecule has 1 aromatic carbocycles. The van der Waals surface area contributed by atoms with E-state index >= 15 is 0 Å². The number of rotatable bonds is 3. The monoisotopic (exact) mass is 268 g/mol. The van der Waals surface area contributed by atoms with Crippen LogP contribution in [-0.4, -0.2) is 16.1 Å². The van der Waals surface area contributed by atoms with E-state index in [-0.39, 0.29) is 22.8 Å². The summed E-state index contributed by atoms with van der Waals surface area (Å²) in [5.74, 6) is -0.814. The molecule has 5 heteroatoms. The Labute approximate surface area is 116 Å². The Morgan fingerprint density at radius 2 is 2.05 bits per heavy atom. The van der Waals surface area contributed by atoms with Gasteiger partial charge in [-0.3, -0.25) is 0 Å². The summed E-state index contributed by atoms with van der Waals surface area (Å²) in [7, 11) is 0. The number of aromatic carboxylic acids is 1. The SMILES string of the molecule is Cc1ccc(Oc2nc(C)ccc2C#N)c(C(=O)O)c1. The number of nitrogens with zero attached hydrogens (tertiary/aromatic N) is 2. The number of nitriles is 1. The van der Waals surface area contributed by atoms with Crippen LogP contribution in [0.25, 0.3) is 0 Å². The number of pyridine rings is 1. The predicted octanol–water partition coefficient (Wildman–Crippen LogP) is 3.06. The van der Waals surface area contributed by atoms with Gasteiger partial charge in [-0.05, 0) is 38.1 Å². The minimum Gasteiger partial charge on any atom is -0.478 e. The molecule has 20 heavy (non-hydrogen) atoms. The zero-order valence-electron chi connectivity index (χ0n) is 11.0. The van der Waals surface area contributed by atoms with Gasteiger partial charge in [0.05, 0.1) is 0 Å². The number of ether oxygens (including phenoxy) is 1. The standard InChI is InChI=1S/C15H12N2O3/c1-9-3-6-13(12(7-9)15(18)19)20-14-11(8-16)5-4-10(2)17-14/h3-7H,1-2H3,(H,18,19). The molecule has 0 fully saturated rings. The number of carbonyl (C=O) groups is 1. The Bertz CT molecular complexity index is 718. The third-order valence-electron chi connectivity index (χ3n) is 2.69. The maximum Gasteiger partial charge on any atom is 0.339 e. The largest absolute Gasteiger partial charge is 0.478 e. The smallest absolute Gasteiger partial charge is 0.339 e. The lowest BCUT2D eigenvalue weighted by Crippen LogP contribution is -2.02. The molecule has 0 radical (unpaired) electrons. The van der Waals surface area contributed by atoms with E-state index in [0.717, 1.165) is 5.56 Å². The lowest BCUT2D eigenvalue weighted by atomic mass is 10.1. The average molecular weight is 268 g/mol. The van der Waals surface area contributed by atoms with Gasteiger partial charge in [0.15, 0.2) is 0 Å². The maximum absolute atomic E-state index is 11.2. The Kier molecular flexibility index (Phi) is 3.67. The van der Waals surface area contributed by atoms with Gasteiger partial charge >= 0.3 is 5.97 Å². The number of hydrogen-bond acceptors (Lipinski definition) is 4. The molecule has 0 saturated carbocycles. The fourth-order valence-corrected chi connectivity index (χ4v) is 1.70. The molecular weight excluding hydrogens is 256 g/mol. The molecule has 0 spiro atoms. The maximum atomic E-state index is 11.2. The van der Waals surface area contributed by atoms with Crippen LogP contribution in [0.1, 0.15) is 27.2 Å². The summed E-state index contributed by atoms with van der Waals surface area (Å²) >= 11 is 0. The first-order valence-corrected chi connectivity index (χ1v) is 5.91. The van der Waals surface area contributed by atoms with Crippen LogP contribution in [0.4, 0.5) is 0 Å². The molecule has 0 aliphatic heterocycles. The first kappa shape index (κ1) is 13.6. The van der Waals surface area contributed by atoms with Gasteiger partial charge in [-0.25, -0.2) is 9.78 Å². The second kappa shape index (κ2) is 5.41. The Hall–Kier alpha value is -2.87. The summed E-state index contributed by atoms with van der Waals surface area (Å²) in [5, 5.41) is 18.2. The van der Waals surface area contributed by atoms with Crippen LogP contribution >= 0.6 is 0 Å². The van der Waals surface area contributed by atoms with Crippen molar-refractivity contribution in [1.29, 1.82) is 5.26 Å². The normalized spacial score (nSPS) is 9.85. The summed E-state index contributed by atoms with van der Waals surface area (Å²) in [5.41, 5.74) is 1.79. The van der Waals surface area contributed by atoms with Crippen molar-refractivity contribution >= 4 is 5.97 Å². The summed E-state index contributed by atoms with van der Waals surface area (Å²) in [6.07, 6.45) is 0. The molecular formula is C15H12N2O3. The summed E-state index contributed by atoms with van der Waals surface area (Å²) in [6, 6.07) is 10.1. The van der Waals surface area contributed by atoms with E-state index in [4.69, 9.17) is 10.00 Å². The van der Waals surface area contributed by atoms with Crippen LogP contribution in [0, 0.1) is 25.2 Å². The molecule has 0 amide bonds. The van der Waals surface area contributed by atoms with E-state index in [9.17, 15) is 9.90 Å². The molecule has 0 saturated heterocycles. The number of aromatic nitrogens is 1. The molecule has 100 valence electrons. The Morgan fingerprint density at radius 3 is 2.70 bits per heavy atom. The third kappa shape index (κ3) is 2.75. The molecule has 0 aliphatic rings. The molecule has 0 bridgehead atoms. The number of carboxylic acid groups (broad SMARTS) is 1. The number of hydrogen-bond donors (Lipinski definition) is 1. The molecule has 0 aliphatic carbocycles. The Balaban J connectivity index is 2.48. The van der Waals surface area contributed by atoms with Crippen molar-refractivity contribution in [2.45, 2.75) is 13.8 Å². The molecule has 0 atom stereocenters. The fraction of sp³-hybridized carbons (Fsp3) is 0.133. The van der Waals surface area contributed by atoms with Crippen molar-refractivity contribution in [3.8, 4) is 17.7 Å². The molecule has 1 heterocycles. The van der Waals surface area contributed by atoms with Crippen LogP contribution in [-0.2, 0) is 0 Å². The first-order valence-electron chi connectivity index (χ1n) is 5.91. The van der Waals surface area contributed by atoms with Crippen LogP contribution in [0.15, 0.2) is 30.3 Å². The topological polar surface area (TPSA) is 83.2 Å². The molecule has 0 unspecified atom stereocenters. The van der Waals surface area contributed by atoms with Crippen molar-refractivity contribution in [2.75, 3.05) is 0 Å². The summed E-state index contributed by atoms with van der Waals surface area (Å²) in [4.78, 5) is 15.3. The highest BCUT2D eigenvalue weighted by molar-refractivity contribution is 5.91. The van der Waals surface area contributed by atoms with Crippen LogP contribution in [0.5, 0.6) is 11.6 Å². The molecule has 2 aromatic rings. The van der Waals surface area contributed by atoms with E-state index in [0.29, 0.717) is 5.69 Å². The van der Waals surface area contributed by atoms with Gasteiger partial charge in [0.1, 0.15) is 22.9 Å². The van der Waals surface area contributed by atoms with Gasteiger partial charge in [-0.15, -0.1) is 0 Å². The highest BCUT2D eigenvalue weighted by Crippen LogP contribution is 2.27. The third-order valence-corrected chi connectivity index (χ3v) is 2.69. The minimum absolute atomic E-state index is 0.0391. The van der Waals surface area contributed by atoms with Gasteiger partial charge in [-0.2, -0.15) is 5.26 Å². The quantitative estimate of drug-likeness (QED) is 0.924. The number of aryl methyl sites for hydroxylation is 2. The van der Waals surface area contributed by atoms with Crippen molar-refractivity contribution in [3.63, 3.8) is 0 Å². The van der Waals surface area contributed by atoms with E-state index in [2.05, 4.69) is 4.98 Å². The Morgan fingerprint density at radius 1 is 1.30 bits per heavy atom. The lowest BCUT2D eigenvalue weighted by molar-refractivity contribution is 0.0694. The van der Waals surface area contributed by atoms with Crippen molar-refractivity contribution in [1.82, 2.24) is 4.98 Å². The zero-order valence-corrected chi connectivity index (χ0v) is 11.0. The first-order chi connectivity index (χ1) is 9.51. The number of carboxylic acids is 1. The molecule has 2 rings (SSSR count). The van der Waals surface area contributed by atoms with Gasteiger partial charge < -0.3 is 9.84 Å². The lowest BCUT2D eigenvalue weighted by Gasteiger charge is -2.10. The zero-order chi connectivity index (χ0) is 14.7. The highest BCUT2D eigenvalue weighted by Gasteiger charge is 2.15. The van der Waals surface area contributed by atoms with E-state index < -0.39 is 5.97 Å². The second-order valence-electron chi connectivity index (χ2n) is 4.32. The van der Waals surface area contributed by atoms with Gasteiger partial charge in [0.2, 0.25) is 5.88 Å². The van der Waals surface area contributed by atoms with E-state index in [1.54, 1.807) is 38.1 Å². The van der Waals surface area contributed by atoms with Crippen molar-refractivity contribution in [2.24, 2.45) is 0 Å². The van der Waals surface area contributed by atoms with Gasteiger partial charge in [0, 0.05) is 5.69 Å². The highest BCUT2D eigenvalue weighted by atomic mass is 16.5. The van der Waals surface area contributed by atoms with E-state index in [1.807, 2.05) is 6.07 Å². The van der Waals surface area contributed by atoms with E-state index in [1.165, 1.54) is 6.07 Å².